The molecule has 0 bridgehead atoms. The van der Waals surface area contributed by atoms with Crippen molar-refractivity contribution < 1.29 is 31.1 Å². The highest BCUT2D eigenvalue weighted by molar-refractivity contribution is 7.90. The standard InChI is InChI=1S/C22H16F4N2O3S/c1-32(30,31)20-11(9-28)5-14(16-7-22(25,26)21(29)19(16)20)13-2-3-17(24)15-6-12(23)4-10(8-27)18(13)15/h4-6,13,17,21,29H,2-3,7H2,1H3/t13-,17+,21+/m1/s1. The molecule has 0 unspecified atom stereocenters. The Morgan fingerprint density at radius 1 is 1.06 bits per heavy atom. The van der Waals surface area contributed by atoms with E-state index in [1.807, 2.05) is 6.07 Å². The third-order valence-electron chi connectivity index (χ3n) is 6.11. The molecule has 10 heteroatoms. The maximum atomic E-state index is 14.6. The van der Waals surface area contributed by atoms with Crippen LogP contribution in [0, 0.1) is 28.5 Å². The van der Waals surface area contributed by atoms with Gasteiger partial charge in [-0.1, -0.05) is 0 Å². The van der Waals surface area contributed by atoms with Gasteiger partial charge >= 0.3 is 0 Å². The van der Waals surface area contributed by atoms with Gasteiger partial charge in [-0.2, -0.15) is 10.5 Å². The minimum atomic E-state index is -4.17. The molecule has 166 valence electrons. The van der Waals surface area contributed by atoms with Crippen molar-refractivity contribution in [3.05, 3.63) is 63.0 Å². The summed E-state index contributed by atoms with van der Waals surface area (Å²) in [7, 11) is -4.17. The van der Waals surface area contributed by atoms with Crippen LogP contribution in [0.15, 0.2) is 23.1 Å². The molecule has 2 aliphatic carbocycles. The summed E-state index contributed by atoms with van der Waals surface area (Å²) in [6, 6.07) is 6.53. The van der Waals surface area contributed by atoms with Crippen LogP contribution < -0.4 is 0 Å². The van der Waals surface area contributed by atoms with E-state index in [0.29, 0.717) is 0 Å². The average molecular weight is 464 g/mol. The monoisotopic (exact) mass is 464 g/mol. The summed E-state index contributed by atoms with van der Waals surface area (Å²) in [6.07, 6.45) is -4.28. The number of halogens is 4. The third-order valence-corrected chi connectivity index (χ3v) is 7.29. The molecule has 0 saturated carbocycles. The molecule has 3 atom stereocenters. The molecule has 0 heterocycles. The molecule has 0 fully saturated rings. The summed E-state index contributed by atoms with van der Waals surface area (Å²) < 4.78 is 82.4. The quantitative estimate of drug-likeness (QED) is 0.674. The fraction of sp³-hybridized carbons (Fsp3) is 0.364. The van der Waals surface area contributed by atoms with Gasteiger partial charge in [0, 0.05) is 24.2 Å². The molecule has 2 aromatic rings. The molecule has 1 N–H and O–H groups in total. The predicted molar refractivity (Wildman–Crippen MR) is 104 cm³/mol. The fourth-order valence-electron chi connectivity index (χ4n) is 4.87. The summed E-state index contributed by atoms with van der Waals surface area (Å²) in [5.74, 6) is -5.37. The van der Waals surface area contributed by atoms with Crippen LogP contribution in [0.3, 0.4) is 0 Å². The van der Waals surface area contributed by atoms with Crippen molar-refractivity contribution in [3.63, 3.8) is 0 Å². The third kappa shape index (κ3) is 3.26. The van der Waals surface area contributed by atoms with Crippen molar-refractivity contribution in [2.45, 2.75) is 48.3 Å². The van der Waals surface area contributed by atoms with Crippen LogP contribution in [-0.4, -0.2) is 25.7 Å². The Labute approximate surface area is 181 Å². The Morgan fingerprint density at radius 2 is 1.72 bits per heavy atom. The first kappa shape index (κ1) is 22.3. The number of nitrogens with zero attached hydrogens (tertiary/aromatic N) is 2. The van der Waals surface area contributed by atoms with Crippen LogP contribution >= 0.6 is 0 Å². The molecule has 0 aromatic heterocycles. The molecular weight excluding hydrogens is 448 g/mol. The van der Waals surface area contributed by atoms with Crippen LogP contribution in [0.25, 0.3) is 0 Å². The Hall–Kier alpha value is -2.95. The molecule has 0 saturated heterocycles. The Balaban J connectivity index is 2.09. The Bertz CT molecular complexity index is 1340. The highest BCUT2D eigenvalue weighted by Gasteiger charge is 2.51. The SMILES string of the molecule is CS(=O)(=O)c1c(C#N)cc([C@H]2CC[C@H](F)c3cc(F)cc(C#N)c32)c2c1[C@H](O)C(F)(F)C2. The van der Waals surface area contributed by atoms with E-state index in [2.05, 4.69) is 0 Å². The van der Waals surface area contributed by atoms with E-state index in [9.17, 15) is 41.6 Å². The normalized spacial score (nSPS) is 23.7. The van der Waals surface area contributed by atoms with Crippen LogP contribution in [0.2, 0.25) is 0 Å². The zero-order valence-corrected chi connectivity index (χ0v) is 17.5. The van der Waals surface area contributed by atoms with Crippen LogP contribution in [0.5, 0.6) is 0 Å². The van der Waals surface area contributed by atoms with E-state index in [4.69, 9.17) is 0 Å². The number of benzene rings is 2. The van der Waals surface area contributed by atoms with Crippen molar-refractivity contribution in [1.29, 1.82) is 10.5 Å². The number of aliphatic hydroxyl groups is 1. The summed E-state index contributed by atoms with van der Waals surface area (Å²) in [4.78, 5) is -0.664. The number of hydrogen-bond donors (Lipinski definition) is 1. The van der Waals surface area contributed by atoms with E-state index < -0.39 is 62.2 Å². The number of aliphatic hydroxyl groups excluding tert-OH is 1. The molecule has 0 radical (unpaired) electrons. The topological polar surface area (TPSA) is 102 Å². The van der Waals surface area contributed by atoms with Crippen molar-refractivity contribution in [1.82, 2.24) is 0 Å². The van der Waals surface area contributed by atoms with Gasteiger partial charge in [0.15, 0.2) is 9.84 Å². The summed E-state index contributed by atoms with van der Waals surface area (Å²) in [5.41, 5.74) is -1.14. The molecule has 0 amide bonds. The number of nitriles is 2. The van der Waals surface area contributed by atoms with Crippen molar-refractivity contribution >= 4 is 9.84 Å². The van der Waals surface area contributed by atoms with Crippen LogP contribution in [-0.2, 0) is 16.3 Å². The van der Waals surface area contributed by atoms with Gasteiger partial charge in [0.05, 0.1) is 22.1 Å². The second-order valence-electron chi connectivity index (χ2n) is 8.12. The van der Waals surface area contributed by atoms with Gasteiger partial charge in [-0.15, -0.1) is 0 Å². The lowest BCUT2D eigenvalue weighted by molar-refractivity contribution is -0.0976. The number of alkyl halides is 3. The van der Waals surface area contributed by atoms with Gasteiger partial charge in [0.2, 0.25) is 0 Å². The molecule has 5 nitrogen and oxygen atoms in total. The van der Waals surface area contributed by atoms with Gasteiger partial charge in [0.1, 0.15) is 24.2 Å². The number of fused-ring (bicyclic) bond motifs is 2. The van der Waals surface area contributed by atoms with Crippen LogP contribution in [0.1, 0.15) is 70.0 Å². The minimum absolute atomic E-state index is 0.0612. The van der Waals surface area contributed by atoms with E-state index >= 15 is 0 Å². The number of rotatable bonds is 2. The van der Waals surface area contributed by atoms with Crippen molar-refractivity contribution in [2.75, 3.05) is 6.26 Å². The van der Waals surface area contributed by atoms with Gasteiger partial charge in [-0.25, -0.2) is 26.0 Å². The highest BCUT2D eigenvalue weighted by Crippen LogP contribution is 2.52. The van der Waals surface area contributed by atoms with E-state index in [-0.39, 0.29) is 40.7 Å². The molecule has 32 heavy (non-hydrogen) atoms. The minimum Gasteiger partial charge on any atom is -0.382 e. The van der Waals surface area contributed by atoms with Gasteiger partial charge < -0.3 is 5.11 Å². The first-order chi connectivity index (χ1) is 14.9. The molecule has 4 rings (SSSR count). The zero-order valence-electron chi connectivity index (χ0n) is 16.7. The molecule has 2 aromatic carbocycles. The lowest BCUT2D eigenvalue weighted by Gasteiger charge is -2.31. The first-order valence-electron chi connectivity index (χ1n) is 9.64. The largest absolute Gasteiger partial charge is 0.382 e. The lowest BCUT2D eigenvalue weighted by Crippen LogP contribution is -2.22. The second-order valence-corrected chi connectivity index (χ2v) is 10.1. The van der Waals surface area contributed by atoms with Crippen molar-refractivity contribution in [3.8, 4) is 12.1 Å². The Morgan fingerprint density at radius 3 is 2.31 bits per heavy atom. The maximum Gasteiger partial charge on any atom is 0.281 e. The van der Waals surface area contributed by atoms with E-state index in [0.717, 1.165) is 24.5 Å². The number of sulfone groups is 1. The lowest BCUT2D eigenvalue weighted by atomic mass is 9.74. The van der Waals surface area contributed by atoms with E-state index in [1.54, 1.807) is 6.07 Å². The molecular formula is C22H16F4N2O3S. The zero-order chi connectivity index (χ0) is 23.6. The maximum absolute atomic E-state index is 14.6. The molecule has 0 aliphatic heterocycles. The molecule has 2 aliphatic rings. The number of hydrogen-bond acceptors (Lipinski definition) is 5. The Kier molecular flexibility index (Phi) is 5.07. The molecule has 0 spiro atoms. The van der Waals surface area contributed by atoms with Gasteiger partial charge in [-0.3, -0.25) is 0 Å². The highest BCUT2D eigenvalue weighted by atomic mass is 32.2. The summed E-state index contributed by atoms with van der Waals surface area (Å²) in [6.45, 7) is 0. The fourth-order valence-corrected chi connectivity index (χ4v) is 6.01. The van der Waals surface area contributed by atoms with Crippen LogP contribution in [0.4, 0.5) is 17.6 Å². The van der Waals surface area contributed by atoms with Gasteiger partial charge in [-0.05, 0) is 53.3 Å². The first-order valence-corrected chi connectivity index (χ1v) is 11.5. The smallest absolute Gasteiger partial charge is 0.281 e. The van der Waals surface area contributed by atoms with E-state index in [1.165, 1.54) is 0 Å². The predicted octanol–water partition coefficient (Wildman–Crippen LogP) is 4.13. The van der Waals surface area contributed by atoms with Gasteiger partial charge in [0.25, 0.3) is 5.92 Å². The van der Waals surface area contributed by atoms with Crippen molar-refractivity contribution in [2.24, 2.45) is 0 Å². The second kappa shape index (κ2) is 7.29. The summed E-state index contributed by atoms with van der Waals surface area (Å²) >= 11 is 0. The average Bonchev–Trinajstić information content (AvgIpc) is 2.95. The summed E-state index contributed by atoms with van der Waals surface area (Å²) in [5, 5.41) is 29.4.